The van der Waals surface area contributed by atoms with E-state index >= 15 is 0 Å². The van der Waals surface area contributed by atoms with E-state index in [1.54, 1.807) is 0 Å². The maximum atomic E-state index is 3.33. The first-order valence-corrected chi connectivity index (χ1v) is 6.84. The van der Waals surface area contributed by atoms with Gasteiger partial charge in [-0.05, 0) is 6.17 Å². The molecule has 1 N–H and O–H groups in total. The van der Waals surface area contributed by atoms with Gasteiger partial charge < -0.3 is 5.32 Å². The quantitative estimate of drug-likeness (QED) is 0.543. The Bertz CT molecular complexity index is 79.1. The summed E-state index contributed by atoms with van der Waals surface area (Å²) in [5.41, 5.74) is 0. The van der Waals surface area contributed by atoms with Gasteiger partial charge in [-0.1, -0.05) is 13.1 Å². The summed E-state index contributed by atoms with van der Waals surface area (Å²) in [6, 6.07) is 0. The van der Waals surface area contributed by atoms with Crippen molar-refractivity contribution in [1.82, 2.24) is 10.2 Å². The van der Waals surface area contributed by atoms with Crippen LogP contribution >= 0.6 is 0 Å². The van der Waals surface area contributed by atoms with Crippen molar-refractivity contribution in [1.29, 1.82) is 0 Å². The second-order valence-corrected chi connectivity index (χ2v) is 6.28. The molecular weight excluding hydrogens is 128 g/mol. The first-order valence-electron chi connectivity index (χ1n) is 3.72. The van der Waals surface area contributed by atoms with Gasteiger partial charge >= 0.3 is 0 Å². The molecule has 1 aliphatic rings. The molecule has 0 bridgehead atoms. The average molecular weight is 144 g/mol. The zero-order valence-electron chi connectivity index (χ0n) is 6.35. The van der Waals surface area contributed by atoms with Crippen molar-refractivity contribution in [2.75, 3.05) is 25.9 Å². The van der Waals surface area contributed by atoms with E-state index in [9.17, 15) is 0 Å². The Hall–Kier alpha value is 0.137. The van der Waals surface area contributed by atoms with Crippen molar-refractivity contribution < 1.29 is 0 Å². The molecule has 0 radical (unpaired) electrons. The topological polar surface area (TPSA) is 15.3 Å². The van der Waals surface area contributed by atoms with Crippen molar-refractivity contribution in [3.63, 3.8) is 0 Å². The van der Waals surface area contributed by atoms with E-state index in [-0.39, 0.29) is 8.80 Å². The molecule has 0 aliphatic carbocycles. The molecule has 0 aromatic rings. The van der Waals surface area contributed by atoms with E-state index in [0.717, 1.165) is 6.67 Å². The first-order chi connectivity index (χ1) is 4.29. The Morgan fingerprint density at radius 2 is 2.33 bits per heavy atom. The van der Waals surface area contributed by atoms with Crippen LogP contribution in [0.4, 0.5) is 0 Å². The van der Waals surface area contributed by atoms with Crippen molar-refractivity contribution in [2.45, 2.75) is 13.1 Å². The highest BCUT2D eigenvalue weighted by atomic mass is 28.3. The molecule has 0 saturated carbocycles. The largest absolute Gasteiger partial charge is 0.303 e. The van der Waals surface area contributed by atoms with Gasteiger partial charge in [0.1, 0.15) is 0 Å². The summed E-state index contributed by atoms with van der Waals surface area (Å²) in [5, 5.41) is 3.33. The van der Waals surface area contributed by atoms with E-state index in [4.69, 9.17) is 0 Å². The van der Waals surface area contributed by atoms with Crippen LogP contribution in [0, 0.1) is 0 Å². The van der Waals surface area contributed by atoms with Crippen LogP contribution in [0.1, 0.15) is 0 Å². The van der Waals surface area contributed by atoms with E-state index < -0.39 is 0 Å². The molecule has 0 amide bonds. The lowest BCUT2D eigenvalue weighted by atomic mass is 10.7. The number of nitrogens with one attached hydrogen (secondary N) is 1. The van der Waals surface area contributed by atoms with Gasteiger partial charge in [0, 0.05) is 28.6 Å². The van der Waals surface area contributed by atoms with Crippen molar-refractivity contribution in [2.24, 2.45) is 0 Å². The third-order valence-electron chi connectivity index (χ3n) is 1.56. The van der Waals surface area contributed by atoms with Crippen LogP contribution < -0.4 is 5.32 Å². The highest BCUT2D eigenvalue weighted by Gasteiger charge is 2.11. The minimum Gasteiger partial charge on any atom is -0.303 e. The minimum atomic E-state index is -0.338. The van der Waals surface area contributed by atoms with E-state index in [2.05, 4.69) is 23.3 Å². The SMILES string of the molecule is C[SiH](C)CN1CCNC1. The lowest BCUT2D eigenvalue weighted by Gasteiger charge is -2.14. The van der Waals surface area contributed by atoms with Crippen LogP contribution in [-0.4, -0.2) is 39.6 Å². The Morgan fingerprint density at radius 3 is 2.78 bits per heavy atom. The fourth-order valence-electron chi connectivity index (χ4n) is 1.23. The van der Waals surface area contributed by atoms with Gasteiger partial charge in [0.2, 0.25) is 0 Å². The first kappa shape index (κ1) is 7.25. The van der Waals surface area contributed by atoms with E-state index in [1.165, 1.54) is 19.3 Å². The van der Waals surface area contributed by atoms with Crippen LogP contribution in [0.2, 0.25) is 13.1 Å². The molecule has 1 heterocycles. The summed E-state index contributed by atoms with van der Waals surface area (Å²) in [6.45, 7) is 8.40. The molecule has 1 aliphatic heterocycles. The molecule has 9 heavy (non-hydrogen) atoms. The third-order valence-corrected chi connectivity index (χ3v) is 2.81. The minimum absolute atomic E-state index is 0.338. The lowest BCUT2D eigenvalue weighted by Crippen LogP contribution is -2.30. The number of nitrogens with zero attached hydrogens (tertiary/aromatic N) is 1. The van der Waals surface area contributed by atoms with Crippen LogP contribution in [0.3, 0.4) is 0 Å². The smallest absolute Gasteiger partial charge is 0.0478 e. The van der Waals surface area contributed by atoms with Gasteiger partial charge in [0.25, 0.3) is 0 Å². The molecule has 1 rings (SSSR count). The molecule has 1 fully saturated rings. The molecule has 3 heteroatoms. The van der Waals surface area contributed by atoms with Crippen LogP contribution in [-0.2, 0) is 0 Å². The number of hydrogen-bond donors (Lipinski definition) is 1. The highest BCUT2D eigenvalue weighted by molar-refractivity contribution is 6.55. The van der Waals surface area contributed by atoms with Gasteiger partial charge in [-0.3, -0.25) is 4.90 Å². The average Bonchev–Trinajstić information content (AvgIpc) is 2.15. The molecule has 2 nitrogen and oxygen atoms in total. The van der Waals surface area contributed by atoms with Crippen LogP contribution in [0.15, 0.2) is 0 Å². The summed E-state index contributed by atoms with van der Waals surface area (Å²) in [6.07, 6.45) is 1.38. The van der Waals surface area contributed by atoms with Gasteiger partial charge in [-0.2, -0.15) is 0 Å². The van der Waals surface area contributed by atoms with Gasteiger partial charge in [0.15, 0.2) is 0 Å². The van der Waals surface area contributed by atoms with Crippen molar-refractivity contribution in [3.8, 4) is 0 Å². The monoisotopic (exact) mass is 144 g/mol. The predicted molar refractivity (Wildman–Crippen MR) is 43.3 cm³/mol. The Morgan fingerprint density at radius 1 is 1.56 bits per heavy atom. The van der Waals surface area contributed by atoms with Gasteiger partial charge in [-0.15, -0.1) is 0 Å². The summed E-state index contributed by atoms with van der Waals surface area (Å²) in [5.74, 6) is 0. The molecule has 1 saturated heterocycles. The third kappa shape index (κ3) is 2.47. The second-order valence-electron chi connectivity index (χ2n) is 3.13. The molecule has 0 atom stereocenters. The van der Waals surface area contributed by atoms with Gasteiger partial charge in [0.05, 0.1) is 0 Å². The summed E-state index contributed by atoms with van der Waals surface area (Å²) in [7, 11) is -0.338. The Labute approximate surface area is 58.8 Å². The summed E-state index contributed by atoms with van der Waals surface area (Å²) < 4.78 is 0. The van der Waals surface area contributed by atoms with Crippen LogP contribution in [0.25, 0.3) is 0 Å². The van der Waals surface area contributed by atoms with Crippen LogP contribution in [0.5, 0.6) is 0 Å². The van der Waals surface area contributed by atoms with E-state index in [0.29, 0.717) is 0 Å². The summed E-state index contributed by atoms with van der Waals surface area (Å²) >= 11 is 0. The lowest BCUT2D eigenvalue weighted by molar-refractivity contribution is 0.387. The Kier molecular flexibility index (Phi) is 2.69. The summed E-state index contributed by atoms with van der Waals surface area (Å²) in [4.78, 5) is 2.51. The molecule has 0 aromatic heterocycles. The standard InChI is InChI=1S/C6H16N2Si/c1-9(2)6-8-4-3-7-5-8/h7,9H,3-6H2,1-2H3. The normalized spacial score (nSPS) is 21.7. The zero-order valence-corrected chi connectivity index (χ0v) is 7.51. The van der Waals surface area contributed by atoms with Crippen molar-refractivity contribution >= 4 is 8.80 Å². The maximum absolute atomic E-state index is 3.33. The fraction of sp³-hybridized carbons (Fsp3) is 1.00. The predicted octanol–water partition coefficient (Wildman–Crippen LogP) is -0.125. The molecule has 54 valence electrons. The van der Waals surface area contributed by atoms with E-state index in [1.807, 2.05) is 0 Å². The Balaban J connectivity index is 2.11. The second kappa shape index (κ2) is 3.34. The fourth-order valence-corrected chi connectivity index (χ4v) is 2.57. The van der Waals surface area contributed by atoms with Gasteiger partial charge in [-0.25, -0.2) is 0 Å². The molecular formula is C6H16N2Si. The molecule has 0 spiro atoms. The highest BCUT2D eigenvalue weighted by Crippen LogP contribution is 1.93. The van der Waals surface area contributed by atoms with Crippen molar-refractivity contribution in [3.05, 3.63) is 0 Å². The zero-order chi connectivity index (χ0) is 6.69. The molecule has 0 unspecified atom stereocenters. The maximum Gasteiger partial charge on any atom is 0.0478 e. The number of rotatable bonds is 2. The molecule has 0 aromatic carbocycles. The number of hydrogen-bond acceptors (Lipinski definition) is 2.